The molecule has 0 aliphatic heterocycles. The van der Waals surface area contributed by atoms with Crippen LogP contribution in [0.1, 0.15) is 10.4 Å². The summed E-state index contributed by atoms with van der Waals surface area (Å²) in [4.78, 5) is 14.5. The molecule has 2 rings (SSSR count). The fourth-order valence-corrected chi connectivity index (χ4v) is 1.94. The number of carboxylic acids is 1. The molecular weight excluding hydrogens is 369 g/mol. The van der Waals surface area contributed by atoms with Gasteiger partial charge >= 0.3 is 5.97 Å². The molecule has 1 aromatic heterocycles. The molecule has 1 heterocycles. The van der Waals surface area contributed by atoms with E-state index in [0.717, 1.165) is 12.4 Å². The van der Waals surface area contributed by atoms with Crippen molar-refractivity contribution in [2.45, 2.75) is 0 Å². The van der Waals surface area contributed by atoms with Crippen molar-refractivity contribution in [2.24, 2.45) is 0 Å². The number of hydrogen-bond acceptors (Lipinski definition) is 3. The zero-order valence-electron chi connectivity index (χ0n) is 9.32. The maximum absolute atomic E-state index is 13.6. The first-order valence-electron chi connectivity index (χ1n) is 5.08. The number of rotatable bonds is 3. The molecule has 0 saturated carbocycles. The summed E-state index contributed by atoms with van der Waals surface area (Å²) in [5.41, 5.74) is -0.629. The van der Waals surface area contributed by atoms with Gasteiger partial charge in [0.15, 0.2) is 5.82 Å². The van der Waals surface area contributed by atoms with Crippen LogP contribution in [0.25, 0.3) is 0 Å². The summed E-state index contributed by atoms with van der Waals surface area (Å²) < 4.78 is 27.7. The predicted molar refractivity (Wildman–Crippen MR) is 73.6 cm³/mol. The summed E-state index contributed by atoms with van der Waals surface area (Å²) in [5.74, 6) is -3.00. The second-order valence-electron chi connectivity index (χ2n) is 3.60. The van der Waals surface area contributed by atoms with E-state index in [1.807, 2.05) is 22.6 Å². The third-order valence-electron chi connectivity index (χ3n) is 2.31. The Bertz CT molecular complexity index is 650. The Kier molecular flexibility index (Phi) is 3.93. The van der Waals surface area contributed by atoms with Gasteiger partial charge in [0, 0.05) is 3.57 Å². The Balaban J connectivity index is 2.44. The van der Waals surface area contributed by atoms with Crippen molar-refractivity contribution >= 4 is 39.9 Å². The highest BCUT2D eigenvalue weighted by Crippen LogP contribution is 2.25. The van der Waals surface area contributed by atoms with Gasteiger partial charge in [0.25, 0.3) is 0 Å². The van der Waals surface area contributed by atoms with Gasteiger partial charge in [0.1, 0.15) is 11.4 Å². The molecule has 0 spiro atoms. The third kappa shape index (κ3) is 2.98. The average molecular weight is 376 g/mol. The molecule has 2 aromatic rings. The molecule has 0 fully saturated rings. The molecule has 4 nitrogen and oxygen atoms in total. The Morgan fingerprint density at radius 2 is 1.95 bits per heavy atom. The molecule has 0 bridgehead atoms. The van der Waals surface area contributed by atoms with Crippen molar-refractivity contribution in [2.75, 3.05) is 5.32 Å². The van der Waals surface area contributed by atoms with E-state index in [1.54, 1.807) is 6.07 Å². The zero-order chi connectivity index (χ0) is 14.0. The third-order valence-corrected chi connectivity index (χ3v) is 2.99. The molecular formula is C12H7F2IN2O2. The van der Waals surface area contributed by atoms with Crippen LogP contribution in [0.4, 0.5) is 20.2 Å². The first-order valence-corrected chi connectivity index (χ1v) is 6.16. The van der Waals surface area contributed by atoms with Gasteiger partial charge in [-0.3, -0.25) is 4.98 Å². The van der Waals surface area contributed by atoms with Crippen LogP contribution in [0.15, 0.2) is 30.6 Å². The average Bonchev–Trinajstić information content (AvgIpc) is 2.32. The van der Waals surface area contributed by atoms with E-state index in [9.17, 15) is 13.6 Å². The summed E-state index contributed by atoms with van der Waals surface area (Å²) in [6, 6.07) is 4.35. The van der Waals surface area contributed by atoms with E-state index in [1.165, 1.54) is 12.1 Å². The molecule has 7 heteroatoms. The van der Waals surface area contributed by atoms with Crippen molar-refractivity contribution < 1.29 is 18.7 Å². The van der Waals surface area contributed by atoms with Gasteiger partial charge in [-0.1, -0.05) is 0 Å². The van der Waals surface area contributed by atoms with Crippen LogP contribution in [0, 0.1) is 15.2 Å². The normalized spacial score (nSPS) is 10.3. The largest absolute Gasteiger partial charge is 0.478 e. The molecule has 0 saturated heterocycles. The van der Waals surface area contributed by atoms with Gasteiger partial charge in [-0.2, -0.15) is 0 Å². The summed E-state index contributed by atoms with van der Waals surface area (Å²) in [7, 11) is 0. The SMILES string of the molecule is O=C(O)c1c(F)cncc1Nc1ccc(I)cc1F. The van der Waals surface area contributed by atoms with Crippen LogP contribution >= 0.6 is 22.6 Å². The van der Waals surface area contributed by atoms with Gasteiger partial charge in [0.05, 0.1) is 23.8 Å². The van der Waals surface area contributed by atoms with Crippen molar-refractivity contribution in [3.63, 3.8) is 0 Å². The number of carboxylic acid groups (broad SMARTS) is 1. The zero-order valence-corrected chi connectivity index (χ0v) is 11.5. The monoisotopic (exact) mass is 376 g/mol. The van der Waals surface area contributed by atoms with Crippen LogP contribution < -0.4 is 5.32 Å². The maximum Gasteiger partial charge on any atom is 0.340 e. The highest BCUT2D eigenvalue weighted by molar-refractivity contribution is 14.1. The quantitative estimate of drug-likeness (QED) is 0.807. The molecule has 0 atom stereocenters. The Morgan fingerprint density at radius 1 is 1.21 bits per heavy atom. The van der Waals surface area contributed by atoms with E-state index in [4.69, 9.17) is 5.11 Å². The number of benzene rings is 1. The summed E-state index contributed by atoms with van der Waals surface area (Å²) in [5, 5.41) is 11.5. The fraction of sp³-hybridized carbons (Fsp3) is 0. The minimum Gasteiger partial charge on any atom is -0.478 e. The van der Waals surface area contributed by atoms with Gasteiger partial charge < -0.3 is 10.4 Å². The summed E-state index contributed by atoms with van der Waals surface area (Å²) in [6.07, 6.45) is 1.92. The number of halogens is 3. The van der Waals surface area contributed by atoms with Gasteiger partial charge in [-0.25, -0.2) is 13.6 Å². The lowest BCUT2D eigenvalue weighted by Gasteiger charge is -2.10. The molecule has 1 aromatic carbocycles. The Labute approximate surface area is 120 Å². The van der Waals surface area contributed by atoms with Crippen molar-refractivity contribution in [1.82, 2.24) is 4.98 Å². The lowest BCUT2D eigenvalue weighted by Crippen LogP contribution is -2.07. The van der Waals surface area contributed by atoms with Gasteiger partial charge in [-0.05, 0) is 40.8 Å². The van der Waals surface area contributed by atoms with Crippen molar-refractivity contribution in [3.05, 3.63) is 51.4 Å². The van der Waals surface area contributed by atoms with Gasteiger partial charge in [0.2, 0.25) is 0 Å². The van der Waals surface area contributed by atoms with E-state index in [0.29, 0.717) is 3.57 Å². The van der Waals surface area contributed by atoms with E-state index in [2.05, 4.69) is 10.3 Å². The first-order chi connectivity index (χ1) is 8.99. The lowest BCUT2D eigenvalue weighted by molar-refractivity contribution is 0.0693. The second kappa shape index (κ2) is 5.47. The minimum absolute atomic E-state index is 0.0512. The fourth-order valence-electron chi connectivity index (χ4n) is 1.48. The highest BCUT2D eigenvalue weighted by atomic mass is 127. The number of nitrogens with zero attached hydrogens (tertiary/aromatic N) is 1. The van der Waals surface area contributed by atoms with Crippen LogP contribution in [0.5, 0.6) is 0 Å². The number of aromatic carboxylic acids is 1. The topological polar surface area (TPSA) is 62.2 Å². The van der Waals surface area contributed by atoms with Crippen LogP contribution in [-0.4, -0.2) is 16.1 Å². The molecule has 0 radical (unpaired) electrons. The number of carbonyl (C=O) groups is 1. The van der Waals surface area contributed by atoms with Gasteiger partial charge in [-0.15, -0.1) is 0 Å². The van der Waals surface area contributed by atoms with Crippen LogP contribution in [0.2, 0.25) is 0 Å². The first kappa shape index (κ1) is 13.7. The Hall–Kier alpha value is -1.77. The van der Waals surface area contributed by atoms with E-state index in [-0.39, 0.29) is 11.4 Å². The van der Waals surface area contributed by atoms with Crippen LogP contribution in [0.3, 0.4) is 0 Å². The number of aromatic nitrogens is 1. The molecule has 0 amide bonds. The molecule has 0 unspecified atom stereocenters. The van der Waals surface area contributed by atoms with E-state index >= 15 is 0 Å². The van der Waals surface area contributed by atoms with E-state index < -0.39 is 23.2 Å². The second-order valence-corrected chi connectivity index (χ2v) is 4.84. The number of pyridine rings is 1. The standard InChI is InChI=1S/C12H7F2IN2O2/c13-7-3-6(15)1-2-9(7)17-10-5-16-4-8(14)11(10)12(18)19/h1-5,17H,(H,18,19). The van der Waals surface area contributed by atoms with Crippen molar-refractivity contribution in [3.8, 4) is 0 Å². The highest BCUT2D eigenvalue weighted by Gasteiger charge is 2.17. The smallest absolute Gasteiger partial charge is 0.340 e. The molecule has 98 valence electrons. The molecule has 0 aliphatic rings. The Morgan fingerprint density at radius 3 is 2.58 bits per heavy atom. The molecule has 2 N–H and O–H groups in total. The predicted octanol–water partition coefficient (Wildman–Crippen LogP) is 3.41. The maximum atomic E-state index is 13.6. The summed E-state index contributed by atoms with van der Waals surface area (Å²) in [6.45, 7) is 0. The number of hydrogen-bond donors (Lipinski definition) is 2. The van der Waals surface area contributed by atoms with Crippen LogP contribution in [-0.2, 0) is 0 Å². The lowest BCUT2D eigenvalue weighted by atomic mass is 10.2. The number of anilines is 2. The minimum atomic E-state index is -1.45. The molecule has 0 aliphatic carbocycles. The number of nitrogens with one attached hydrogen (secondary N) is 1. The summed E-state index contributed by atoms with van der Waals surface area (Å²) >= 11 is 1.94. The molecule has 19 heavy (non-hydrogen) atoms. The van der Waals surface area contributed by atoms with Crippen molar-refractivity contribution in [1.29, 1.82) is 0 Å².